The van der Waals surface area contributed by atoms with Gasteiger partial charge in [-0.2, -0.15) is 4.68 Å². The van der Waals surface area contributed by atoms with Crippen LogP contribution in [-0.2, 0) is 6.54 Å². The number of benzene rings is 1. The zero-order valence-corrected chi connectivity index (χ0v) is 15.3. The predicted octanol–water partition coefficient (Wildman–Crippen LogP) is 3.05. The Balaban J connectivity index is 1.95. The van der Waals surface area contributed by atoms with Crippen molar-refractivity contribution < 1.29 is 9.53 Å². The first-order valence-electron chi connectivity index (χ1n) is 7.56. The Morgan fingerprint density at radius 3 is 2.88 bits per heavy atom. The van der Waals surface area contributed by atoms with Crippen molar-refractivity contribution >= 4 is 28.8 Å². The third kappa shape index (κ3) is 3.64. The normalized spacial score (nSPS) is 10.7. The molecule has 0 bridgehead atoms. The minimum atomic E-state index is -0.141. The van der Waals surface area contributed by atoms with Gasteiger partial charge in [0.15, 0.2) is 0 Å². The molecule has 1 amide bonds. The summed E-state index contributed by atoms with van der Waals surface area (Å²) in [5.41, 5.74) is 0.948. The maximum Gasteiger partial charge on any atom is 0.257 e. The van der Waals surface area contributed by atoms with Gasteiger partial charge in [0, 0.05) is 17.5 Å². The van der Waals surface area contributed by atoms with Crippen molar-refractivity contribution in [1.29, 1.82) is 0 Å². The van der Waals surface area contributed by atoms with Crippen LogP contribution in [0.1, 0.15) is 22.2 Å². The van der Waals surface area contributed by atoms with Gasteiger partial charge in [-0.05, 0) is 34.9 Å². The Labute approximate surface area is 153 Å². The highest BCUT2D eigenvalue weighted by Gasteiger charge is 2.22. The second-order valence-corrected chi connectivity index (χ2v) is 6.60. The average molecular weight is 378 g/mol. The van der Waals surface area contributed by atoms with Gasteiger partial charge in [-0.25, -0.2) is 0 Å². The maximum atomic E-state index is 13.0. The second kappa shape index (κ2) is 7.62. The number of nitrogens with zero attached hydrogens (tertiary/aromatic N) is 5. The summed E-state index contributed by atoms with van der Waals surface area (Å²) in [4.78, 5) is 15.8. The third-order valence-corrected chi connectivity index (χ3v) is 4.85. The molecule has 3 aromatic rings. The Hall–Kier alpha value is -2.45. The molecule has 130 valence electrons. The van der Waals surface area contributed by atoms with E-state index >= 15 is 0 Å². The number of hydrogen-bond acceptors (Lipinski definition) is 6. The molecule has 2 heterocycles. The molecule has 7 nitrogen and oxygen atoms in total. The summed E-state index contributed by atoms with van der Waals surface area (Å²) in [5.74, 6) is 0.280. The number of carbonyl (C=O) groups is 1. The molecule has 0 atom stereocenters. The topological polar surface area (TPSA) is 73.1 Å². The Morgan fingerprint density at radius 2 is 2.28 bits per heavy atom. The van der Waals surface area contributed by atoms with E-state index in [0.29, 0.717) is 35.1 Å². The molecular weight excluding hydrogens is 362 g/mol. The molecule has 0 N–H and O–H groups in total. The van der Waals surface area contributed by atoms with E-state index in [1.165, 1.54) is 18.1 Å². The number of methoxy groups -OCH3 is 1. The quantitative estimate of drug-likeness (QED) is 0.660. The summed E-state index contributed by atoms with van der Waals surface area (Å²) < 4.78 is 6.82. The molecule has 1 aromatic carbocycles. The predicted molar refractivity (Wildman–Crippen MR) is 95.4 cm³/mol. The van der Waals surface area contributed by atoms with Crippen molar-refractivity contribution in [1.82, 2.24) is 25.1 Å². The van der Waals surface area contributed by atoms with Gasteiger partial charge in [0.25, 0.3) is 5.91 Å². The van der Waals surface area contributed by atoms with Crippen molar-refractivity contribution in [2.75, 3.05) is 13.7 Å². The van der Waals surface area contributed by atoms with Gasteiger partial charge in [0.1, 0.15) is 12.1 Å². The van der Waals surface area contributed by atoms with E-state index in [0.717, 1.165) is 4.88 Å². The number of hydrogen-bond donors (Lipinski definition) is 0. The fourth-order valence-electron chi connectivity index (χ4n) is 2.41. The highest BCUT2D eigenvalue weighted by molar-refractivity contribution is 7.09. The number of halogens is 1. The molecule has 0 spiro atoms. The smallest absolute Gasteiger partial charge is 0.257 e. The van der Waals surface area contributed by atoms with E-state index in [1.54, 1.807) is 28.4 Å². The van der Waals surface area contributed by atoms with Crippen molar-refractivity contribution in [3.8, 4) is 11.4 Å². The van der Waals surface area contributed by atoms with Gasteiger partial charge < -0.3 is 9.64 Å². The lowest BCUT2D eigenvalue weighted by molar-refractivity contribution is 0.0751. The highest BCUT2D eigenvalue weighted by Crippen LogP contribution is 2.30. The van der Waals surface area contributed by atoms with Crippen LogP contribution in [0.4, 0.5) is 0 Å². The zero-order chi connectivity index (χ0) is 17.8. The van der Waals surface area contributed by atoms with Gasteiger partial charge in [-0.15, -0.1) is 16.4 Å². The van der Waals surface area contributed by atoms with Crippen LogP contribution >= 0.6 is 22.9 Å². The SMILES string of the molecule is CCN(Cc1cccs1)C(=O)c1cc(Cl)c(-n2cnnn2)cc1OC. The fourth-order valence-corrected chi connectivity index (χ4v) is 3.38. The summed E-state index contributed by atoms with van der Waals surface area (Å²) in [6.07, 6.45) is 1.43. The Kier molecular flexibility index (Phi) is 5.30. The van der Waals surface area contributed by atoms with Gasteiger partial charge in [-0.1, -0.05) is 17.7 Å². The molecule has 2 aromatic heterocycles. The van der Waals surface area contributed by atoms with Crippen LogP contribution in [0, 0.1) is 0 Å². The molecular formula is C16H16ClN5O2S. The van der Waals surface area contributed by atoms with Crippen molar-refractivity contribution in [2.24, 2.45) is 0 Å². The van der Waals surface area contributed by atoms with E-state index in [-0.39, 0.29) is 5.91 Å². The van der Waals surface area contributed by atoms with E-state index in [4.69, 9.17) is 16.3 Å². The van der Waals surface area contributed by atoms with Crippen LogP contribution in [-0.4, -0.2) is 44.7 Å². The fraction of sp³-hybridized carbons (Fsp3) is 0.250. The van der Waals surface area contributed by atoms with Crippen molar-refractivity contribution in [3.05, 3.63) is 51.4 Å². The van der Waals surface area contributed by atoms with Crippen molar-refractivity contribution in [3.63, 3.8) is 0 Å². The summed E-state index contributed by atoms with van der Waals surface area (Å²) in [5, 5.41) is 13.4. The van der Waals surface area contributed by atoms with E-state index < -0.39 is 0 Å². The number of aromatic nitrogens is 4. The third-order valence-electron chi connectivity index (χ3n) is 3.69. The monoisotopic (exact) mass is 377 g/mol. The van der Waals surface area contributed by atoms with Crippen LogP contribution in [0.25, 0.3) is 5.69 Å². The number of tetrazole rings is 1. The molecule has 3 rings (SSSR count). The summed E-state index contributed by atoms with van der Waals surface area (Å²) in [6.45, 7) is 3.06. The zero-order valence-electron chi connectivity index (χ0n) is 13.7. The average Bonchev–Trinajstić information content (AvgIpc) is 3.32. The molecule has 9 heteroatoms. The standard InChI is InChI=1S/C16H16ClN5O2S/c1-3-21(9-11-5-4-6-25-11)16(23)12-7-13(17)14(8-15(12)24-2)22-10-18-19-20-22/h4-8,10H,3,9H2,1-2H3. The van der Waals surface area contributed by atoms with E-state index in [1.807, 2.05) is 24.4 Å². The lowest BCUT2D eigenvalue weighted by Gasteiger charge is -2.22. The number of amides is 1. The first-order valence-corrected chi connectivity index (χ1v) is 8.82. The molecule has 25 heavy (non-hydrogen) atoms. The minimum absolute atomic E-state index is 0.141. The number of thiophene rings is 1. The van der Waals surface area contributed by atoms with Gasteiger partial charge in [-0.3, -0.25) is 4.79 Å². The molecule has 0 saturated heterocycles. The maximum absolute atomic E-state index is 13.0. The van der Waals surface area contributed by atoms with Crippen molar-refractivity contribution in [2.45, 2.75) is 13.5 Å². The van der Waals surface area contributed by atoms with Crippen LogP contribution < -0.4 is 4.74 Å². The summed E-state index contributed by atoms with van der Waals surface area (Å²) in [6, 6.07) is 7.23. The first kappa shape index (κ1) is 17.4. The van der Waals surface area contributed by atoms with Crippen LogP contribution in [0.2, 0.25) is 5.02 Å². The molecule has 0 aliphatic rings. The molecule has 0 aliphatic heterocycles. The lowest BCUT2D eigenvalue weighted by atomic mass is 10.1. The molecule has 0 fully saturated rings. The number of carbonyl (C=O) groups excluding carboxylic acids is 1. The van der Waals surface area contributed by atoms with Gasteiger partial charge in [0.2, 0.25) is 0 Å². The highest BCUT2D eigenvalue weighted by atomic mass is 35.5. The van der Waals surface area contributed by atoms with Crippen LogP contribution in [0.15, 0.2) is 36.0 Å². The largest absolute Gasteiger partial charge is 0.496 e. The van der Waals surface area contributed by atoms with E-state index in [9.17, 15) is 4.79 Å². The molecule has 0 radical (unpaired) electrons. The summed E-state index contributed by atoms with van der Waals surface area (Å²) in [7, 11) is 1.51. The second-order valence-electron chi connectivity index (χ2n) is 5.16. The lowest BCUT2D eigenvalue weighted by Crippen LogP contribution is -2.30. The first-order chi connectivity index (χ1) is 12.1. The molecule has 0 saturated carbocycles. The Bertz CT molecular complexity index is 852. The number of ether oxygens (including phenoxy) is 1. The molecule has 0 aliphatic carbocycles. The Morgan fingerprint density at radius 1 is 1.44 bits per heavy atom. The van der Waals surface area contributed by atoms with Gasteiger partial charge >= 0.3 is 0 Å². The summed E-state index contributed by atoms with van der Waals surface area (Å²) >= 11 is 7.96. The number of rotatable bonds is 6. The van der Waals surface area contributed by atoms with Crippen LogP contribution in [0.3, 0.4) is 0 Å². The van der Waals surface area contributed by atoms with Crippen LogP contribution in [0.5, 0.6) is 5.75 Å². The van der Waals surface area contributed by atoms with Gasteiger partial charge in [0.05, 0.1) is 29.9 Å². The molecule has 0 unspecified atom stereocenters. The minimum Gasteiger partial charge on any atom is -0.496 e. The van der Waals surface area contributed by atoms with E-state index in [2.05, 4.69) is 15.5 Å².